The Labute approximate surface area is 196 Å². The number of phenols is 1. The van der Waals surface area contributed by atoms with E-state index in [-0.39, 0.29) is 11.7 Å². The van der Waals surface area contributed by atoms with Crippen LogP contribution in [-0.4, -0.2) is 33.8 Å². The summed E-state index contributed by atoms with van der Waals surface area (Å²) in [6, 6.07) is 13.4. The van der Waals surface area contributed by atoms with Gasteiger partial charge in [-0.3, -0.25) is 0 Å². The van der Waals surface area contributed by atoms with Crippen LogP contribution in [0, 0.1) is 11.3 Å². The minimum Gasteiger partial charge on any atom is -0.508 e. The molecule has 1 aromatic heterocycles. The molecule has 1 saturated carbocycles. The van der Waals surface area contributed by atoms with E-state index in [0.29, 0.717) is 23.6 Å². The molecule has 0 bridgehead atoms. The number of aromatic nitrogens is 2. The van der Waals surface area contributed by atoms with Gasteiger partial charge in [-0.2, -0.15) is 0 Å². The number of anilines is 1. The number of ether oxygens (including phenoxy) is 1. The third-order valence-corrected chi connectivity index (χ3v) is 7.19. The zero-order valence-corrected chi connectivity index (χ0v) is 20.3. The van der Waals surface area contributed by atoms with Crippen molar-refractivity contribution in [2.45, 2.75) is 59.0 Å². The molecule has 0 unspecified atom stereocenters. The van der Waals surface area contributed by atoms with Gasteiger partial charge in [0.05, 0.1) is 23.7 Å². The van der Waals surface area contributed by atoms with Crippen molar-refractivity contribution in [1.82, 2.24) is 9.55 Å². The van der Waals surface area contributed by atoms with Crippen LogP contribution < -0.4 is 4.90 Å². The number of phenolic OH excluding ortho intramolecular Hbond substituents is 1. The maximum Gasteiger partial charge on any atom is 0.337 e. The fraction of sp³-hybridized carbons (Fsp3) is 0.481. The Morgan fingerprint density at radius 2 is 1.79 bits per heavy atom. The van der Waals surface area contributed by atoms with E-state index >= 15 is 0 Å². The molecule has 1 aliphatic rings. The molecule has 176 valence electrons. The third-order valence-electron chi connectivity index (χ3n) is 7.19. The maximum atomic E-state index is 11.8. The summed E-state index contributed by atoms with van der Waals surface area (Å²) in [6.07, 6.45) is 4.65. The van der Waals surface area contributed by atoms with E-state index in [9.17, 15) is 9.90 Å². The summed E-state index contributed by atoms with van der Waals surface area (Å²) >= 11 is 0. The van der Waals surface area contributed by atoms with E-state index in [0.717, 1.165) is 41.3 Å². The molecule has 0 aliphatic heterocycles. The zero-order chi connectivity index (χ0) is 23.8. The van der Waals surface area contributed by atoms with Crippen LogP contribution in [0.1, 0.15) is 62.4 Å². The predicted molar refractivity (Wildman–Crippen MR) is 132 cm³/mol. The van der Waals surface area contributed by atoms with E-state index in [1.165, 1.54) is 20.0 Å². The number of carbonyl (C=O) groups excluding carboxylic acids is 1. The van der Waals surface area contributed by atoms with E-state index in [2.05, 4.69) is 30.2 Å². The molecule has 4 rings (SSSR count). The number of hydrogen-bond donors (Lipinski definition) is 1. The fourth-order valence-corrected chi connectivity index (χ4v) is 5.11. The van der Waals surface area contributed by atoms with Crippen LogP contribution >= 0.6 is 0 Å². The Kier molecular flexibility index (Phi) is 6.37. The quantitative estimate of drug-likeness (QED) is 0.508. The lowest BCUT2D eigenvalue weighted by Gasteiger charge is -2.41. The van der Waals surface area contributed by atoms with Crippen LogP contribution in [0.15, 0.2) is 42.5 Å². The third kappa shape index (κ3) is 4.85. The highest BCUT2D eigenvalue weighted by Crippen LogP contribution is 2.40. The summed E-state index contributed by atoms with van der Waals surface area (Å²) in [5, 5.41) is 9.95. The number of imidazole rings is 1. The van der Waals surface area contributed by atoms with Crippen molar-refractivity contribution in [3.05, 3.63) is 53.6 Å². The van der Waals surface area contributed by atoms with Crippen molar-refractivity contribution >= 4 is 23.0 Å². The second-order valence-corrected chi connectivity index (χ2v) is 10.3. The number of benzene rings is 2. The Bertz CT molecular complexity index is 1120. The number of aromatic hydroxyl groups is 1. The zero-order valence-electron chi connectivity index (χ0n) is 20.3. The number of aryl methyl sites for hydroxylation is 1. The number of methoxy groups -OCH3 is 1. The summed E-state index contributed by atoms with van der Waals surface area (Å²) < 4.78 is 6.95. The Balaban J connectivity index is 1.66. The van der Waals surface area contributed by atoms with Crippen molar-refractivity contribution in [3.63, 3.8) is 0 Å². The van der Waals surface area contributed by atoms with E-state index in [1.807, 2.05) is 37.4 Å². The molecule has 0 spiro atoms. The molecule has 33 heavy (non-hydrogen) atoms. The number of fused-ring (bicyclic) bond motifs is 1. The summed E-state index contributed by atoms with van der Waals surface area (Å²) in [4.78, 5) is 19.2. The van der Waals surface area contributed by atoms with Gasteiger partial charge in [0.15, 0.2) is 0 Å². The Hall–Kier alpha value is -3.02. The molecular formula is C27H35N3O3. The molecule has 3 aromatic rings. The van der Waals surface area contributed by atoms with E-state index in [1.54, 1.807) is 12.1 Å². The van der Waals surface area contributed by atoms with Crippen LogP contribution in [0.5, 0.6) is 5.75 Å². The lowest BCUT2D eigenvalue weighted by molar-refractivity contribution is 0.0600. The van der Waals surface area contributed by atoms with Gasteiger partial charge in [-0.25, -0.2) is 9.78 Å². The van der Waals surface area contributed by atoms with Gasteiger partial charge in [0.25, 0.3) is 0 Å². The minimum absolute atomic E-state index is 0.225. The summed E-state index contributed by atoms with van der Waals surface area (Å²) in [6.45, 7) is 7.74. The fourth-order valence-electron chi connectivity index (χ4n) is 5.11. The first-order valence-electron chi connectivity index (χ1n) is 11.8. The first kappa shape index (κ1) is 23.1. The highest BCUT2D eigenvalue weighted by molar-refractivity contribution is 5.89. The molecule has 6 heteroatoms. The normalized spacial score (nSPS) is 18.9. The highest BCUT2D eigenvalue weighted by atomic mass is 16.5. The lowest BCUT2D eigenvalue weighted by Crippen LogP contribution is -2.41. The summed E-state index contributed by atoms with van der Waals surface area (Å²) in [5.74, 6) is 1.54. The van der Waals surface area contributed by atoms with Crippen LogP contribution in [0.4, 0.5) is 5.95 Å². The number of carbonyl (C=O) groups is 1. The van der Waals surface area contributed by atoms with Crippen molar-refractivity contribution in [2.24, 2.45) is 18.4 Å². The molecule has 1 heterocycles. The molecule has 6 nitrogen and oxygen atoms in total. The molecule has 0 saturated heterocycles. The van der Waals surface area contributed by atoms with Crippen molar-refractivity contribution in [1.29, 1.82) is 0 Å². The molecule has 1 N–H and O–H groups in total. The van der Waals surface area contributed by atoms with E-state index in [4.69, 9.17) is 9.72 Å². The van der Waals surface area contributed by atoms with Crippen LogP contribution in [0.25, 0.3) is 11.0 Å². The van der Waals surface area contributed by atoms with Crippen molar-refractivity contribution in [3.8, 4) is 5.75 Å². The number of esters is 1. The van der Waals surface area contributed by atoms with Crippen molar-refractivity contribution < 1.29 is 14.6 Å². The van der Waals surface area contributed by atoms with E-state index < -0.39 is 0 Å². The van der Waals surface area contributed by atoms with Crippen molar-refractivity contribution in [2.75, 3.05) is 12.0 Å². The standard InChI is InChI=1S/C27H35N3O3/c1-27(2,3)20-10-12-21(13-11-20)30(17-18-6-8-19(9-7-18)25(32)33-5)26-28-23-16-22(31)14-15-24(23)29(26)4/h6-9,14-16,20-21,31H,10-13,17H2,1-5H3. The molecular weight excluding hydrogens is 414 g/mol. The second-order valence-electron chi connectivity index (χ2n) is 10.3. The molecule has 1 aliphatic carbocycles. The van der Waals surface area contributed by atoms with Crippen LogP contribution in [0.2, 0.25) is 0 Å². The lowest BCUT2D eigenvalue weighted by atomic mass is 9.71. The number of rotatable bonds is 5. The topological polar surface area (TPSA) is 67.6 Å². The largest absolute Gasteiger partial charge is 0.508 e. The van der Waals surface area contributed by atoms with Gasteiger partial charge in [0.2, 0.25) is 5.95 Å². The number of nitrogens with zero attached hydrogens (tertiary/aromatic N) is 3. The highest BCUT2D eigenvalue weighted by Gasteiger charge is 2.33. The molecule has 2 aromatic carbocycles. The number of hydrogen-bond acceptors (Lipinski definition) is 5. The van der Waals surface area contributed by atoms with Gasteiger partial charge in [-0.05, 0) is 66.8 Å². The first-order valence-corrected chi connectivity index (χ1v) is 11.8. The van der Waals surface area contributed by atoms with Crippen LogP contribution in [0.3, 0.4) is 0 Å². The molecule has 0 amide bonds. The second kappa shape index (κ2) is 9.08. The molecule has 0 radical (unpaired) electrons. The Morgan fingerprint density at radius 3 is 2.39 bits per heavy atom. The maximum absolute atomic E-state index is 11.8. The minimum atomic E-state index is -0.325. The first-order chi connectivity index (χ1) is 15.7. The average molecular weight is 450 g/mol. The summed E-state index contributed by atoms with van der Waals surface area (Å²) in [5.41, 5.74) is 3.79. The van der Waals surface area contributed by atoms with Gasteiger partial charge in [0.1, 0.15) is 5.75 Å². The monoisotopic (exact) mass is 449 g/mol. The average Bonchev–Trinajstić information content (AvgIpc) is 3.12. The Morgan fingerprint density at radius 1 is 1.12 bits per heavy atom. The molecule has 0 atom stereocenters. The van der Waals surface area contributed by atoms with Crippen LogP contribution in [-0.2, 0) is 18.3 Å². The molecule has 1 fully saturated rings. The smallest absolute Gasteiger partial charge is 0.337 e. The van der Waals surface area contributed by atoms with Gasteiger partial charge >= 0.3 is 5.97 Å². The van der Waals surface area contributed by atoms with Gasteiger partial charge in [-0.15, -0.1) is 0 Å². The van der Waals surface area contributed by atoms with Gasteiger partial charge in [-0.1, -0.05) is 32.9 Å². The predicted octanol–water partition coefficient (Wildman–Crippen LogP) is 5.68. The summed E-state index contributed by atoms with van der Waals surface area (Å²) in [7, 11) is 3.44. The van der Waals surface area contributed by atoms with Gasteiger partial charge in [0, 0.05) is 25.7 Å². The SMILES string of the molecule is COC(=O)c1ccc(CN(c2nc3cc(O)ccc3n2C)C2CCC(C(C)(C)C)CC2)cc1. The van der Waals surface area contributed by atoms with Gasteiger partial charge < -0.3 is 19.3 Å².